The van der Waals surface area contributed by atoms with Crippen LogP contribution in [0.3, 0.4) is 0 Å². The first-order chi connectivity index (χ1) is 17.3. The van der Waals surface area contributed by atoms with Gasteiger partial charge in [0.15, 0.2) is 0 Å². The van der Waals surface area contributed by atoms with Crippen molar-refractivity contribution in [1.29, 1.82) is 0 Å². The van der Waals surface area contributed by atoms with Crippen LogP contribution >= 0.6 is 11.6 Å². The van der Waals surface area contributed by atoms with E-state index in [1.807, 2.05) is 0 Å². The topological polar surface area (TPSA) is 109 Å². The molecule has 0 spiro atoms. The van der Waals surface area contributed by atoms with Gasteiger partial charge in [-0.05, 0) is 63.7 Å². The van der Waals surface area contributed by atoms with Crippen LogP contribution in [-0.4, -0.2) is 70.5 Å². The molecule has 6 atom stereocenters. The molecule has 8 nitrogen and oxygen atoms in total. The minimum Gasteiger partial charge on any atom is -0.391 e. The van der Waals surface area contributed by atoms with E-state index < -0.39 is 28.7 Å². The number of amides is 2. The van der Waals surface area contributed by atoms with Crippen LogP contribution in [0.5, 0.6) is 0 Å². The Kier molecular flexibility index (Phi) is 8.13. The van der Waals surface area contributed by atoms with Gasteiger partial charge in [0.25, 0.3) is 0 Å². The lowest BCUT2D eigenvalue weighted by Crippen LogP contribution is -2.71. The van der Waals surface area contributed by atoms with E-state index in [0.717, 1.165) is 0 Å². The number of carbonyl (C=O) groups excluding carboxylic acids is 2. The Morgan fingerprint density at radius 1 is 1.06 bits per heavy atom. The van der Waals surface area contributed by atoms with Gasteiger partial charge in [0.1, 0.15) is 18.8 Å². The summed E-state index contributed by atoms with van der Waals surface area (Å²) in [7, 11) is 0. The number of halogens is 2. The second kappa shape index (κ2) is 11.0. The van der Waals surface area contributed by atoms with Crippen molar-refractivity contribution in [2.75, 3.05) is 6.61 Å². The molecule has 1 aliphatic heterocycles. The fraction of sp³-hybridized carbons (Fsp3) is 0.923. The summed E-state index contributed by atoms with van der Waals surface area (Å²) < 4.78 is 19.5. The standard InChI is InChI=1S/C26H41ClFN3O5/c27-18-7-6-17(12-19(18)28)35-15-23(33)29-26-10-8-25(9-11-26,14-22(26)32)30-24(34)20-13-21(36-31-20)16-4-2-1-3-5-16/h16-22,31-32H,1-15H2,(H,29,33)(H,30,34)/t17?,18?,19?,20?,21?,22-,25?,26?/m0/s1. The Labute approximate surface area is 217 Å². The first-order valence-corrected chi connectivity index (χ1v) is 14.3. The van der Waals surface area contributed by atoms with Gasteiger partial charge in [-0.2, -0.15) is 5.48 Å². The number of hydroxylamine groups is 1. The number of alkyl halides is 2. The smallest absolute Gasteiger partial charge is 0.246 e. The maximum atomic E-state index is 13.8. The van der Waals surface area contributed by atoms with E-state index in [-0.39, 0.29) is 43.1 Å². The van der Waals surface area contributed by atoms with E-state index in [1.165, 1.54) is 32.1 Å². The second-order valence-electron chi connectivity index (χ2n) is 11.9. The highest BCUT2D eigenvalue weighted by atomic mass is 35.5. The van der Waals surface area contributed by atoms with Gasteiger partial charge in [0.2, 0.25) is 11.8 Å². The monoisotopic (exact) mass is 529 g/mol. The van der Waals surface area contributed by atoms with Crippen molar-refractivity contribution in [2.45, 2.75) is 137 Å². The molecule has 204 valence electrons. The largest absolute Gasteiger partial charge is 0.391 e. The van der Waals surface area contributed by atoms with Crippen LogP contribution in [0.1, 0.15) is 89.9 Å². The van der Waals surface area contributed by atoms with E-state index in [9.17, 15) is 19.1 Å². The Morgan fingerprint density at radius 2 is 1.81 bits per heavy atom. The Hall–Kier alpha value is -1.00. The summed E-state index contributed by atoms with van der Waals surface area (Å²) in [6.07, 6.45) is 9.04. The molecule has 1 saturated heterocycles. The van der Waals surface area contributed by atoms with Gasteiger partial charge >= 0.3 is 0 Å². The minimum atomic E-state index is -1.11. The summed E-state index contributed by atoms with van der Waals surface area (Å²) >= 11 is 5.93. The number of nitrogens with one attached hydrogen (secondary N) is 3. The maximum absolute atomic E-state index is 13.8. The van der Waals surface area contributed by atoms with Gasteiger partial charge in [-0.3, -0.25) is 14.4 Å². The molecule has 2 amide bonds. The van der Waals surface area contributed by atoms with Crippen LogP contribution in [0.25, 0.3) is 0 Å². The SMILES string of the molecule is O=C(COC1CCC(Cl)C(F)C1)NC12CCC(NC(=O)C3CC(C4CCCCC4)ON3)(CC1)C[C@@H]2O. The van der Waals surface area contributed by atoms with E-state index in [2.05, 4.69) is 16.1 Å². The summed E-state index contributed by atoms with van der Waals surface area (Å²) in [5.74, 6) is 0.164. The molecule has 5 unspecified atom stereocenters. The van der Waals surface area contributed by atoms with Gasteiger partial charge in [0, 0.05) is 18.4 Å². The number of carbonyl (C=O) groups is 2. The molecule has 0 aromatic carbocycles. The lowest BCUT2D eigenvalue weighted by Gasteiger charge is -2.56. The summed E-state index contributed by atoms with van der Waals surface area (Å²) in [4.78, 5) is 31.6. The third kappa shape index (κ3) is 5.70. The Bertz CT molecular complexity index is 804. The third-order valence-electron chi connectivity index (χ3n) is 9.51. The lowest BCUT2D eigenvalue weighted by molar-refractivity contribution is -0.140. The third-order valence-corrected chi connectivity index (χ3v) is 10.0. The molecule has 4 N–H and O–H groups in total. The molecule has 6 rings (SSSR count). The average Bonchev–Trinajstić information content (AvgIpc) is 3.37. The van der Waals surface area contributed by atoms with Gasteiger partial charge in [0.05, 0.1) is 29.2 Å². The number of rotatable bonds is 7. The van der Waals surface area contributed by atoms with E-state index in [1.54, 1.807) is 0 Å². The fourth-order valence-electron chi connectivity index (χ4n) is 7.16. The lowest BCUT2D eigenvalue weighted by atomic mass is 9.59. The maximum Gasteiger partial charge on any atom is 0.246 e. The summed E-state index contributed by atoms with van der Waals surface area (Å²) in [5.41, 5.74) is 1.80. The van der Waals surface area contributed by atoms with Gasteiger partial charge in [-0.25, -0.2) is 4.39 Å². The molecule has 5 saturated carbocycles. The van der Waals surface area contributed by atoms with E-state index >= 15 is 0 Å². The zero-order valence-corrected chi connectivity index (χ0v) is 21.7. The van der Waals surface area contributed by atoms with Crippen molar-refractivity contribution in [3.8, 4) is 0 Å². The van der Waals surface area contributed by atoms with Gasteiger partial charge < -0.3 is 20.5 Å². The highest BCUT2D eigenvalue weighted by molar-refractivity contribution is 6.21. The number of hydrogen-bond donors (Lipinski definition) is 4. The number of fused-ring (bicyclic) bond motifs is 3. The van der Waals surface area contributed by atoms with Crippen LogP contribution in [-0.2, 0) is 19.2 Å². The Balaban J connectivity index is 1.08. The summed E-state index contributed by atoms with van der Waals surface area (Å²) in [6, 6.07) is -0.369. The molecule has 36 heavy (non-hydrogen) atoms. The van der Waals surface area contributed by atoms with Crippen molar-refractivity contribution in [3.63, 3.8) is 0 Å². The van der Waals surface area contributed by atoms with Crippen LogP contribution < -0.4 is 16.1 Å². The molecule has 2 bridgehead atoms. The predicted octanol–water partition coefficient (Wildman–Crippen LogP) is 2.79. The summed E-state index contributed by atoms with van der Waals surface area (Å²) in [5, 5.41) is 16.8. The quantitative estimate of drug-likeness (QED) is 0.378. The fourth-order valence-corrected chi connectivity index (χ4v) is 7.39. The van der Waals surface area contributed by atoms with E-state index in [0.29, 0.717) is 57.3 Å². The van der Waals surface area contributed by atoms with Crippen LogP contribution in [0.15, 0.2) is 0 Å². The average molecular weight is 530 g/mol. The van der Waals surface area contributed by atoms with Crippen molar-refractivity contribution in [2.24, 2.45) is 5.92 Å². The van der Waals surface area contributed by atoms with Crippen molar-refractivity contribution in [3.05, 3.63) is 0 Å². The van der Waals surface area contributed by atoms with Crippen LogP contribution in [0, 0.1) is 5.92 Å². The molecule has 0 aromatic rings. The number of aliphatic hydroxyl groups excluding tert-OH is 1. The molecule has 6 aliphatic rings. The number of ether oxygens (including phenoxy) is 1. The van der Waals surface area contributed by atoms with Gasteiger partial charge in [-0.1, -0.05) is 19.3 Å². The Morgan fingerprint density at radius 3 is 2.50 bits per heavy atom. The van der Waals surface area contributed by atoms with Crippen LogP contribution in [0.2, 0.25) is 0 Å². The zero-order chi connectivity index (χ0) is 25.3. The highest BCUT2D eigenvalue weighted by Crippen LogP contribution is 2.47. The first-order valence-electron chi connectivity index (χ1n) is 13.9. The van der Waals surface area contributed by atoms with Crippen molar-refractivity contribution < 1.29 is 28.7 Å². The second-order valence-corrected chi connectivity index (χ2v) is 12.5. The molecule has 1 heterocycles. The molecule has 0 aromatic heterocycles. The molecule has 0 radical (unpaired) electrons. The minimum absolute atomic E-state index is 0.0646. The molecular weight excluding hydrogens is 489 g/mol. The number of aliphatic hydroxyl groups is 1. The zero-order valence-electron chi connectivity index (χ0n) is 21.0. The molecule has 10 heteroatoms. The first kappa shape index (κ1) is 26.6. The highest BCUT2D eigenvalue weighted by Gasteiger charge is 2.55. The normalized spacial score (nSPS) is 43.3. The molecule has 6 fully saturated rings. The van der Waals surface area contributed by atoms with Gasteiger partial charge in [-0.15, -0.1) is 11.6 Å². The van der Waals surface area contributed by atoms with Crippen molar-refractivity contribution in [1.82, 2.24) is 16.1 Å². The predicted molar refractivity (Wildman–Crippen MR) is 132 cm³/mol. The summed E-state index contributed by atoms with van der Waals surface area (Å²) in [6.45, 7) is -0.157. The van der Waals surface area contributed by atoms with Crippen LogP contribution in [0.4, 0.5) is 4.39 Å². The van der Waals surface area contributed by atoms with E-state index in [4.69, 9.17) is 21.2 Å². The molecular formula is C26H41ClFN3O5. The van der Waals surface area contributed by atoms with Crippen molar-refractivity contribution >= 4 is 23.4 Å². The number of hydrogen-bond acceptors (Lipinski definition) is 6. The molecule has 5 aliphatic carbocycles.